The van der Waals surface area contributed by atoms with E-state index >= 15 is 0 Å². The van der Waals surface area contributed by atoms with Crippen LogP contribution in [0, 0.1) is 0 Å². The van der Waals surface area contributed by atoms with Crippen molar-refractivity contribution in [2.24, 2.45) is 4.99 Å². The first-order chi connectivity index (χ1) is 12.7. The lowest BCUT2D eigenvalue weighted by atomic mass is 9.98. The number of aliphatic imine (C=N–C) groups is 1. The van der Waals surface area contributed by atoms with Crippen molar-refractivity contribution in [3.63, 3.8) is 0 Å². The first-order valence-electron chi connectivity index (χ1n) is 9.73. The number of halogens is 1. The van der Waals surface area contributed by atoms with E-state index in [0.29, 0.717) is 18.4 Å². The predicted octanol–water partition coefficient (Wildman–Crippen LogP) is 3.81. The number of phenolic OH excluding ortho intramolecular Hbond substituents is 1. The second kappa shape index (κ2) is 13.9. The van der Waals surface area contributed by atoms with E-state index in [-0.39, 0.29) is 29.7 Å². The minimum Gasteiger partial charge on any atom is -0.504 e. The lowest BCUT2D eigenvalue weighted by Gasteiger charge is -2.22. The Morgan fingerprint density at radius 2 is 2.00 bits per heavy atom. The molecule has 0 aromatic heterocycles. The number of methoxy groups -OCH3 is 1. The Hall–Kier alpha value is -1.22. The van der Waals surface area contributed by atoms with Gasteiger partial charge in [0.05, 0.1) is 19.8 Å². The fourth-order valence-electron chi connectivity index (χ4n) is 3.13. The highest BCUT2D eigenvalue weighted by Gasteiger charge is 2.13. The highest BCUT2D eigenvalue weighted by molar-refractivity contribution is 14.0. The number of guanidine groups is 1. The van der Waals surface area contributed by atoms with E-state index in [1.807, 2.05) is 19.1 Å². The summed E-state index contributed by atoms with van der Waals surface area (Å²) in [6, 6.07) is 5.44. The van der Waals surface area contributed by atoms with Crippen LogP contribution in [0.2, 0.25) is 0 Å². The number of hydrogen-bond donors (Lipinski definition) is 3. The van der Waals surface area contributed by atoms with Crippen LogP contribution in [0.5, 0.6) is 11.5 Å². The van der Waals surface area contributed by atoms with Gasteiger partial charge in [-0.2, -0.15) is 0 Å². The largest absolute Gasteiger partial charge is 0.504 e. The maximum atomic E-state index is 10.1. The molecular weight excluding hydrogens is 457 g/mol. The molecule has 0 bridgehead atoms. The third-order valence-electron chi connectivity index (χ3n) is 4.57. The van der Waals surface area contributed by atoms with Gasteiger partial charge >= 0.3 is 0 Å². The van der Waals surface area contributed by atoms with Gasteiger partial charge in [0.25, 0.3) is 0 Å². The summed E-state index contributed by atoms with van der Waals surface area (Å²) in [6.45, 7) is 4.80. The molecule has 0 saturated heterocycles. The number of rotatable bonds is 9. The zero-order valence-electron chi connectivity index (χ0n) is 16.5. The second-order valence-electron chi connectivity index (χ2n) is 6.57. The van der Waals surface area contributed by atoms with Crippen molar-refractivity contribution in [3.8, 4) is 11.5 Å². The van der Waals surface area contributed by atoms with Crippen molar-refractivity contribution in [2.45, 2.75) is 58.1 Å². The van der Waals surface area contributed by atoms with Crippen LogP contribution in [0.4, 0.5) is 0 Å². The van der Waals surface area contributed by atoms with Gasteiger partial charge in [-0.05, 0) is 32.3 Å². The van der Waals surface area contributed by atoms with Crippen molar-refractivity contribution >= 4 is 29.9 Å². The molecule has 0 aliphatic heterocycles. The molecule has 0 radical (unpaired) electrons. The van der Waals surface area contributed by atoms with Crippen LogP contribution in [0.1, 0.15) is 51.0 Å². The molecule has 0 atom stereocenters. The van der Waals surface area contributed by atoms with Crippen LogP contribution in [-0.4, -0.2) is 44.0 Å². The number of nitrogens with zero attached hydrogens (tertiary/aromatic N) is 1. The van der Waals surface area contributed by atoms with Gasteiger partial charge in [-0.15, -0.1) is 24.0 Å². The lowest BCUT2D eigenvalue weighted by molar-refractivity contribution is 0.0277. The molecule has 154 valence electrons. The van der Waals surface area contributed by atoms with Gasteiger partial charge in [0.15, 0.2) is 17.5 Å². The van der Waals surface area contributed by atoms with E-state index in [4.69, 9.17) is 9.47 Å². The van der Waals surface area contributed by atoms with Crippen molar-refractivity contribution in [3.05, 3.63) is 23.8 Å². The van der Waals surface area contributed by atoms with Crippen molar-refractivity contribution in [1.29, 1.82) is 0 Å². The average Bonchev–Trinajstić information content (AvgIpc) is 2.67. The van der Waals surface area contributed by atoms with Gasteiger partial charge in [-0.3, -0.25) is 0 Å². The SMILES string of the molecule is CCNC(=NCc1cccc(OC)c1O)NCCCOC1CCCCC1.I. The van der Waals surface area contributed by atoms with Crippen molar-refractivity contribution in [1.82, 2.24) is 10.6 Å². The Labute approximate surface area is 180 Å². The highest BCUT2D eigenvalue weighted by Crippen LogP contribution is 2.29. The molecule has 0 heterocycles. The number of hydrogen-bond acceptors (Lipinski definition) is 4. The monoisotopic (exact) mass is 491 g/mol. The summed E-state index contributed by atoms with van der Waals surface area (Å²) in [5.41, 5.74) is 0.738. The van der Waals surface area contributed by atoms with Gasteiger partial charge in [-0.1, -0.05) is 31.4 Å². The summed E-state index contributed by atoms with van der Waals surface area (Å²) >= 11 is 0. The highest BCUT2D eigenvalue weighted by atomic mass is 127. The van der Waals surface area contributed by atoms with Gasteiger partial charge in [0, 0.05) is 25.3 Å². The average molecular weight is 491 g/mol. The molecule has 6 nitrogen and oxygen atoms in total. The van der Waals surface area contributed by atoms with Crippen LogP contribution >= 0.6 is 24.0 Å². The van der Waals surface area contributed by atoms with Gasteiger partial charge < -0.3 is 25.2 Å². The molecule has 0 amide bonds. The second-order valence-corrected chi connectivity index (χ2v) is 6.57. The Bertz CT molecular complexity index is 563. The molecule has 0 spiro atoms. The Morgan fingerprint density at radius 1 is 1.22 bits per heavy atom. The normalized spacial score (nSPS) is 15.1. The zero-order valence-corrected chi connectivity index (χ0v) is 18.8. The molecule has 27 heavy (non-hydrogen) atoms. The van der Waals surface area contributed by atoms with E-state index in [2.05, 4.69) is 15.6 Å². The molecule has 2 rings (SSSR count). The van der Waals surface area contributed by atoms with E-state index < -0.39 is 0 Å². The quantitative estimate of drug-likeness (QED) is 0.212. The van der Waals surface area contributed by atoms with Crippen LogP contribution in [0.25, 0.3) is 0 Å². The van der Waals surface area contributed by atoms with Crippen LogP contribution in [0.3, 0.4) is 0 Å². The molecule has 7 heteroatoms. The Morgan fingerprint density at radius 3 is 2.70 bits per heavy atom. The van der Waals surface area contributed by atoms with E-state index in [0.717, 1.165) is 37.6 Å². The maximum Gasteiger partial charge on any atom is 0.191 e. The summed E-state index contributed by atoms with van der Waals surface area (Å²) in [5.74, 6) is 1.36. The van der Waals surface area contributed by atoms with Crippen LogP contribution in [0.15, 0.2) is 23.2 Å². The molecule has 1 aliphatic carbocycles. The number of benzene rings is 1. The van der Waals surface area contributed by atoms with Crippen molar-refractivity contribution < 1.29 is 14.6 Å². The molecule has 1 aliphatic rings. The molecule has 3 N–H and O–H groups in total. The van der Waals surface area contributed by atoms with Gasteiger partial charge in [-0.25, -0.2) is 4.99 Å². The first kappa shape index (κ1) is 23.8. The Balaban J connectivity index is 0.00000364. The summed E-state index contributed by atoms with van der Waals surface area (Å²) < 4.78 is 11.1. The number of phenols is 1. The first-order valence-corrected chi connectivity index (χ1v) is 9.73. The fourth-order valence-corrected chi connectivity index (χ4v) is 3.13. The maximum absolute atomic E-state index is 10.1. The molecule has 0 unspecified atom stereocenters. The van der Waals surface area contributed by atoms with E-state index in [9.17, 15) is 5.11 Å². The smallest absolute Gasteiger partial charge is 0.191 e. The van der Waals surface area contributed by atoms with Crippen LogP contribution in [-0.2, 0) is 11.3 Å². The fraction of sp³-hybridized carbons (Fsp3) is 0.650. The van der Waals surface area contributed by atoms with Crippen molar-refractivity contribution in [2.75, 3.05) is 26.8 Å². The standard InChI is InChI=1S/C20H33N3O3.HI/c1-3-21-20(22-13-8-14-26-17-10-5-4-6-11-17)23-15-16-9-7-12-18(25-2)19(16)24;/h7,9,12,17,24H,3-6,8,10-11,13-15H2,1-2H3,(H2,21,22,23);1H. The Kier molecular flexibility index (Phi) is 12.2. The third kappa shape index (κ3) is 8.55. The number of para-hydroxylation sites is 1. The molecule has 1 saturated carbocycles. The van der Waals surface area contributed by atoms with E-state index in [1.54, 1.807) is 13.2 Å². The topological polar surface area (TPSA) is 75.1 Å². The van der Waals surface area contributed by atoms with Gasteiger partial charge in [0.2, 0.25) is 0 Å². The molecule has 1 aromatic rings. The van der Waals surface area contributed by atoms with Crippen LogP contribution < -0.4 is 15.4 Å². The zero-order chi connectivity index (χ0) is 18.6. The summed E-state index contributed by atoms with van der Waals surface area (Å²) in [5, 5.41) is 16.7. The lowest BCUT2D eigenvalue weighted by Crippen LogP contribution is -2.38. The number of aromatic hydroxyl groups is 1. The van der Waals surface area contributed by atoms with Gasteiger partial charge in [0.1, 0.15) is 0 Å². The number of nitrogens with one attached hydrogen (secondary N) is 2. The summed E-state index contributed by atoms with van der Waals surface area (Å²) in [4.78, 5) is 4.55. The minimum atomic E-state index is 0. The minimum absolute atomic E-state index is 0. The summed E-state index contributed by atoms with van der Waals surface area (Å²) in [6.07, 6.45) is 7.79. The molecule has 1 aromatic carbocycles. The third-order valence-corrected chi connectivity index (χ3v) is 4.57. The predicted molar refractivity (Wildman–Crippen MR) is 120 cm³/mol. The molecule has 1 fully saturated rings. The number of ether oxygens (including phenoxy) is 2. The summed E-state index contributed by atoms with van der Waals surface area (Å²) in [7, 11) is 1.54. The molecular formula is C20H34IN3O3. The van der Waals surface area contributed by atoms with E-state index in [1.165, 1.54) is 32.1 Å².